The second-order valence-electron chi connectivity index (χ2n) is 5.14. The van der Waals surface area contributed by atoms with Crippen LogP contribution in [0.3, 0.4) is 0 Å². The number of aryl methyl sites for hydroxylation is 2. The van der Waals surface area contributed by atoms with Crippen LogP contribution in [-0.2, 0) is 11.2 Å². The number of rotatable bonds is 1. The van der Waals surface area contributed by atoms with E-state index >= 15 is 0 Å². The SMILES string of the molecule is Cc1ccc(-c2ccc3c(c2)NC(=O)CCC3)cc1. The van der Waals surface area contributed by atoms with Gasteiger partial charge in [0, 0.05) is 12.1 Å². The lowest BCUT2D eigenvalue weighted by Crippen LogP contribution is -2.09. The zero-order valence-corrected chi connectivity index (χ0v) is 11.1. The van der Waals surface area contributed by atoms with E-state index in [-0.39, 0.29) is 5.91 Å². The molecule has 0 bridgehead atoms. The van der Waals surface area contributed by atoms with Crippen LogP contribution in [0.15, 0.2) is 42.5 Å². The predicted molar refractivity (Wildman–Crippen MR) is 78.2 cm³/mol. The molecule has 0 atom stereocenters. The first-order chi connectivity index (χ1) is 9.22. The third-order valence-electron chi connectivity index (χ3n) is 3.62. The molecule has 0 unspecified atom stereocenters. The molecular formula is C17H17NO. The summed E-state index contributed by atoms with van der Waals surface area (Å²) in [7, 11) is 0. The van der Waals surface area contributed by atoms with Crippen molar-refractivity contribution in [1.29, 1.82) is 0 Å². The second-order valence-corrected chi connectivity index (χ2v) is 5.14. The number of fused-ring (bicyclic) bond motifs is 1. The Morgan fingerprint density at radius 2 is 1.68 bits per heavy atom. The van der Waals surface area contributed by atoms with Crippen LogP contribution < -0.4 is 5.32 Å². The van der Waals surface area contributed by atoms with Crippen molar-refractivity contribution in [3.05, 3.63) is 53.6 Å². The van der Waals surface area contributed by atoms with E-state index in [1.807, 2.05) is 0 Å². The van der Waals surface area contributed by atoms with E-state index < -0.39 is 0 Å². The molecule has 0 fully saturated rings. The number of nitrogens with one attached hydrogen (secondary N) is 1. The summed E-state index contributed by atoms with van der Waals surface area (Å²) in [5, 5.41) is 3.00. The number of carbonyl (C=O) groups excluding carboxylic acids is 1. The van der Waals surface area contributed by atoms with Crippen molar-refractivity contribution in [1.82, 2.24) is 0 Å². The van der Waals surface area contributed by atoms with Crippen LogP contribution in [0.5, 0.6) is 0 Å². The van der Waals surface area contributed by atoms with Gasteiger partial charge in [-0.2, -0.15) is 0 Å². The third kappa shape index (κ3) is 2.53. The van der Waals surface area contributed by atoms with E-state index in [1.54, 1.807) is 0 Å². The highest BCUT2D eigenvalue weighted by molar-refractivity contribution is 5.93. The molecule has 0 aliphatic carbocycles. The van der Waals surface area contributed by atoms with Gasteiger partial charge in [-0.3, -0.25) is 4.79 Å². The molecule has 19 heavy (non-hydrogen) atoms. The molecular weight excluding hydrogens is 234 g/mol. The average molecular weight is 251 g/mol. The van der Waals surface area contributed by atoms with Gasteiger partial charge in [-0.1, -0.05) is 42.0 Å². The van der Waals surface area contributed by atoms with Gasteiger partial charge in [0.1, 0.15) is 0 Å². The minimum atomic E-state index is 0.125. The van der Waals surface area contributed by atoms with Crippen LogP contribution in [0.4, 0.5) is 5.69 Å². The van der Waals surface area contributed by atoms with Crippen molar-refractivity contribution in [3.63, 3.8) is 0 Å². The lowest BCUT2D eigenvalue weighted by molar-refractivity contribution is -0.116. The van der Waals surface area contributed by atoms with Gasteiger partial charge in [-0.15, -0.1) is 0 Å². The fourth-order valence-electron chi connectivity index (χ4n) is 2.49. The van der Waals surface area contributed by atoms with E-state index in [2.05, 4.69) is 54.7 Å². The maximum Gasteiger partial charge on any atom is 0.224 e. The Balaban J connectivity index is 2.00. The maximum absolute atomic E-state index is 11.6. The Hall–Kier alpha value is -2.09. The molecule has 2 aromatic rings. The van der Waals surface area contributed by atoms with E-state index in [0.29, 0.717) is 6.42 Å². The first-order valence-corrected chi connectivity index (χ1v) is 6.72. The van der Waals surface area contributed by atoms with Gasteiger partial charge in [-0.05, 0) is 42.5 Å². The van der Waals surface area contributed by atoms with E-state index in [9.17, 15) is 4.79 Å². The Morgan fingerprint density at radius 3 is 2.47 bits per heavy atom. The fourth-order valence-corrected chi connectivity index (χ4v) is 2.49. The van der Waals surface area contributed by atoms with Crippen molar-refractivity contribution < 1.29 is 4.79 Å². The predicted octanol–water partition coefficient (Wildman–Crippen LogP) is 3.94. The molecule has 1 N–H and O–H groups in total. The first kappa shape index (κ1) is 12.0. The summed E-state index contributed by atoms with van der Waals surface area (Å²) in [6, 6.07) is 14.8. The molecule has 1 aliphatic rings. The van der Waals surface area contributed by atoms with Crippen LogP contribution in [-0.4, -0.2) is 5.91 Å². The minimum absolute atomic E-state index is 0.125. The lowest BCUT2D eigenvalue weighted by atomic mass is 10.00. The zero-order valence-electron chi connectivity index (χ0n) is 11.1. The Morgan fingerprint density at radius 1 is 0.947 bits per heavy atom. The van der Waals surface area contributed by atoms with Gasteiger partial charge in [0.25, 0.3) is 0 Å². The summed E-state index contributed by atoms with van der Waals surface area (Å²) in [6.45, 7) is 2.08. The quantitative estimate of drug-likeness (QED) is 0.817. The van der Waals surface area contributed by atoms with Gasteiger partial charge in [-0.25, -0.2) is 0 Å². The first-order valence-electron chi connectivity index (χ1n) is 6.72. The standard InChI is InChI=1S/C17H17NO/c1-12-5-7-13(8-6-12)15-10-9-14-3-2-4-17(19)18-16(14)11-15/h5-11H,2-4H2,1H3,(H,18,19). The number of hydrogen-bond acceptors (Lipinski definition) is 1. The van der Waals surface area contributed by atoms with Crippen molar-refractivity contribution >= 4 is 11.6 Å². The molecule has 0 spiro atoms. The lowest BCUT2D eigenvalue weighted by Gasteiger charge is -2.10. The molecule has 1 aliphatic heterocycles. The van der Waals surface area contributed by atoms with Crippen LogP contribution >= 0.6 is 0 Å². The summed E-state index contributed by atoms with van der Waals surface area (Å²) in [5.74, 6) is 0.125. The number of anilines is 1. The van der Waals surface area contributed by atoms with Crippen LogP contribution in [0.1, 0.15) is 24.0 Å². The van der Waals surface area contributed by atoms with Gasteiger partial charge in [0.15, 0.2) is 0 Å². The van der Waals surface area contributed by atoms with Crippen molar-refractivity contribution in [2.24, 2.45) is 0 Å². The van der Waals surface area contributed by atoms with Gasteiger partial charge >= 0.3 is 0 Å². The van der Waals surface area contributed by atoms with Gasteiger partial charge < -0.3 is 5.32 Å². The van der Waals surface area contributed by atoms with Gasteiger partial charge in [0.05, 0.1) is 0 Å². The van der Waals surface area contributed by atoms with Crippen molar-refractivity contribution in [2.45, 2.75) is 26.2 Å². The molecule has 1 amide bonds. The molecule has 0 saturated heterocycles. The maximum atomic E-state index is 11.6. The average Bonchev–Trinajstić information content (AvgIpc) is 2.59. The zero-order chi connectivity index (χ0) is 13.2. The minimum Gasteiger partial charge on any atom is -0.326 e. The van der Waals surface area contributed by atoms with Crippen LogP contribution in [0, 0.1) is 6.92 Å². The van der Waals surface area contributed by atoms with Crippen LogP contribution in [0.25, 0.3) is 11.1 Å². The molecule has 96 valence electrons. The highest BCUT2D eigenvalue weighted by Crippen LogP contribution is 2.28. The number of amides is 1. The van der Waals surface area contributed by atoms with E-state index in [0.717, 1.165) is 24.1 Å². The largest absolute Gasteiger partial charge is 0.326 e. The summed E-state index contributed by atoms with van der Waals surface area (Å²) >= 11 is 0. The smallest absolute Gasteiger partial charge is 0.224 e. The highest BCUT2D eigenvalue weighted by atomic mass is 16.1. The molecule has 2 nitrogen and oxygen atoms in total. The molecule has 1 heterocycles. The number of carbonyl (C=O) groups is 1. The normalized spacial score (nSPS) is 14.5. The summed E-state index contributed by atoms with van der Waals surface area (Å²) < 4.78 is 0. The Labute approximate surface area is 113 Å². The van der Waals surface area contributed by atoms with Crippen LogP contribution in [0.2, 0.25) is 0 Å². The Kier molecular flexibility index (Phi) is 3.08. The fraction of sp³-hybridized carbons (Fsp3) is 0.235. The van der Waals surface area contributed by atoms with E-state index in [4.69, 9.17) is 0 Å². The number of hydrogen-bond donors (Lipinski definition) is 1. The second kappa shape index (κ2) is 4.88. The van der Waals surface area contributed by atoms with Gasteiger partial charge in [0.2, 0.25) is 5.91 Å². The molecule has 0 radical (unpaired) electrons. The summed E-state index contributed by atoms with van der Waals surface area (Å²) in [4.78, 5) is 11.6. The monoisotopic (exact) mass is 251 g/mol. The highest BCUT2D eigenvalue weighted by Gasteiger charge is 2.13. The van der Waals surface area contributed by atoms with Crippen molar-refractivity contribution in [2.75, 3.05) is 5.32 Å². The van der Waals surface area contributed by atoms with Crippen molar-refractivity contribution in [3.8, 4) is 11.1 Å². The topological polar surface area (TPSA) is 29.1 Å². The third-order valence-corrected chi connectivity index (χ3v) is 3.62. The number of benzene rings is 2. The Bertz CT molecular complexity index is 614. The van der Waals surface area contributed by atoms with E-state index in [1.165, 1.54) is 16.7 Å². The molecule has 3 rings (SSSR count). The summed E-state index contributed by atoms with van der Waals surface area (Å²) in [5.41, 5.74) is 5.81. The summed E-state index contributed by atoms with van der Waals surface area (Å²) in [6.07, 6.45) is 2.53. The molecule has 2 aromatic carbocycles. The molecule has 2 heteroatoms. The molecule has 0 aromatic heterocycles. The molecule has 0 saturated carbocycles.